The van der Waals surface area contributed by atoms with Crippen molar-refractivity contribution in [2.24, 2.45) is 0 Å². The Kier molecular flexibility index (Phi) is 7.32. The molecule has 0 aromatic heterocycles. The number of carboxylic acid groups (broad SMARTS) is 1. The molecule has 3 aromatic carbocycles. The zero-order valence-electron chi connectivity index (χ0n) is 16.6. The minimum absolute atomic E-state index is 0.0444. The summed E-state index contributed by atoms with van der Waals surface area (Å²) in [6.45, 7) is -0.239. The number of nitrogens with zero attached hydrogens (tertiary/aromatic N) is 1. The molecule has 0 bridgehead atoms. The van der Waals surface area contributed by atoms with Gasteiger partial charge in [0.25, 0.3) is 5.91 Å². The lowest BCUT2D eigenvalue weighted by Crippen LogP contribution is -2.37. The standard InChI is InChI=1S/C24H21F2NO4/c25-20-9-5-17(6-10-20)13-14-27(15-23(28)29)24(30)18-7-11-21(12-8-18)31-16-19-3-1-2-4-22(19)26/h1-12H,13-16H2,(H,28,29). The number of carboxylic acids is 1. The highest BCUT2D eigenvalue weighted by Gasteiger charge is 2.18. The largest absolute Gasteiger partial charge is 0.489 e. The van der Waals surface area contributed by atoms with E-state index in [1.807, 2.05) is 0 Å². The third-order valence-electron chi connectivity index (χ3n) is 4.65. The van der Waals surface area contributed by atoms with Gasteiger partial charge in [-0.25, -0.2) is 8.78 Å². The Morgan fingerprint density at radius 2 is 1.58 bits per heavy atom. The molecular weight excluding hydrogens is 404 g/mol. The van der Waals surface area contributed by atoms with Crippen molar-refractivity contribution in [2.75, 3.05) is 13.1 Å². The molecule has 0 aliphatic heterocycles. The summed E-state index contributed by atoms with van der Waals surface area (Å²) in [6, 6.07) is 18.3. The SMILES string of the molecule is O=C(O)CN(CCc1ccc(F)cc1)C(=O)c1ccc(OCc2ccccc2F)cc1. The molecule has 1 amide bonds. The van der Waals surface area contributed by atoms with Crippen LogP contribution < -0.4 is 4.74 Å². The van der Waals surface area contributed by atoms with E-state index >= 15 is 0 Å². The molecule has 0 aliphatic carbocycles. The number of hydrogen-bond acceptors (Lipinski definition) is 3. The molecule has 0 saturated carbocycles. The Labute approximate surface area is 178 Å². The second kappa shape index (κ2) is 10.3. The van der Waals surface area contributed by atoms with Gasteiger partial charge in [0.15, 0.2) is 0 Å². The summed E-state index contributed by atoms with van der Waals surface area (Å²) >= 11 is 0. The second-order valence-electron chi connectivity index (χ2n) is 6.90. The maximum Gasteiger partial charge on any atom is 0.323 e. The summed E-state index contributed by atoms with van der Waals surface area (Å²) < 4.78 is 32.3. The van der Waals surface area contributed by atoms with Crippen LogP contribution in [0.1, 0.15) is 21.5 Å². The van der Waals surface area contributed by atoms with E-state index in [0.717, 1.165) is 5.56 Å². The van der Waals surface area contributed by atoms with E-state index in [1.54, 1.807) is 42.5 Å². The topological polar surface area (TPSA) is 66.8 Å². The number of amides is 1. The van der Waals surface area contributed by atoms with Crippen LogP contribution in [0.2, 0.25) is 0 Å². The van der Waals surface area contributed by atoms with E-state index in [4.69, 9.17) is 9.84 Å². The lowest BCUT2D eigenvalue weighted by molar-refractivity contribution is -0.137. The average molecular weight is 425 g/mol. The first-order valence-corrected chi connectivity index (χ1v) is 9.64. The molecule has 0 aliphatic rings. The van der Waals surface area contributed by atoms with Crippen molar-refractivity contribution in [3.05, 3.63) is 101 Å². The highest BCUT2D eigenvalue weighted by Crippen LogP contribution is 2.17. The van der Waals surface area contributed by atoms with Crippen LogP contribution in [0.15, 0.2) is 72.8 Å². The summed E-state index contributed by atoms with van der Waals surface area (Å²) in [5.74, 6) is -1.84. The zero-order chi connectivity index (χ0) is 22.2. The van der Waals surface area contributed by atoms with Gasteiger partial charge < -0.3 is 14.7 Å². The first-order valence-electron chi connectivity index (χ1n) is 9.64. The summed E-state index contributed by atoms with van der Waals surface area (Å²) in [6.07, 6.45) is 0.392. The van der Waals surface area contributed by atoms with Crippen molar-refractivity contribution < 1.29 is 28.2 Å². The summed E-state index contributed by atoms with van der Waals surface area (Å²) in [5.41, 5.74) is 1.51. The molecule has 1 N–H and O–H groups in total. The summed E-state index contributed by atoms with van der Waals surface area (Å²) in [7, 11) is 0. The third-order valence-corrected chi connectivity index (χ3v) is 4.65. The number of benzene rings is 3. The molecule has 0 fully saturated rings. The molecule has 0 radical (unpaired) electrons. The molecule has 5 nitrogen and oxygen atoms in total. The van der Waals surface area contributed by atoms with Crippen molar-refractivity contribution in [1.82, 2.24) is 4.90 Å². The normalized spacial score (nSPS) is 10.5. The smallest absolute Gasteiger partial charge is 0.323 e. The van der Waals surface area contributed by atoms with E-state index in [0.29, 0.717) is 23.3 Å². The van der Waals surface area contributed by atoms with Crippen LogP contribution in [0.3, 0.4) is 0 Å². The van der Waals surface area contributed by atoms with Gasteiger partial charge in [-0.15, -0.1) is 0 Å². The van der Waals surface area contributed by atoms with E-state index in [-0.39, 0.29) is 24.8 Å². The average Bonchev–Trinajstić information content (AvgIpc) is 2.77. The van der Waals surface area contributed by atoms with Gasteiger partial charge in [-0.05, 0) is 54.4 Å². The minimum Gasteiger partial charge on any atom is -0.489 e. The Morgan fingerprint density at radius 3 is 2.23 bits per heavy atom. The lowest BCUT2D eigenvalue weighted by atomic mass is 10.1. The minimum atomic E-state index is -1.13. The first kappa shape index (κ1) is 22.0. The number of hydrogen-bond donors (Lipinski definition) is 1. The van der Waals surface area contributed by atoms with E-state index < -0.39 is 18.4 Å². The number of halogens is 2. The molecule has 3 aromatic rings. The van der Waals surface area contributed by atoms with Gasteiger partial charge in [0.2, 0.25) is 0 Å². The van der Waals surface area contributed by atoms with Gasteiger partial charge in [-0.1, -0.05) is 30.3 Å². The van der Waals surface area contributed by atoms with Crippen molar-refractivity contribution >= 4 is 11.9 Å². The molecule has 0 saturated heterocycles. The lowest BCUT2D eigenvalue weighted by Gasteiger charge is -2.21. The van der Waals surface area contributed by atoms with Gasteiger partial charge >= 0.3 is 5.97 Å². The fourth-order valence-corrected chi connectivity index (χ4v) is 2.98. The first-order chi connectivity index (χ1) is 14.9. The summed E-state index contributed by atoms with van der Waals surface area (Å²) in [5, 5.41) is 9.16. The second-order valence-corrected chi connectivity index (χ2v) is 6.90. The fraction of sp³-hybridized carbons (Fsp3) is 0.167. The van der Waals surface area contributed by atoms with Gasteiger partial charge in [-0.3, -0.25) is 9.59 Å². The quantitative estimate of drug-likeness (QED) is 0.555. The highest BCUT2D eigenvalue weighted by molar-refractivity contribution is 5.96. The van der Waals surface area contributed by atoms with Gasteiger partial charge in [0.05, 0.1) is 0 Å². The number of ether oxygens (including phenoxy) is 1. The molecule has 0 atom stereocenters. The predicted molar refractivity (Wildman–Crippen MR) is 111 cm³/mol. The molecule has 0 spiro atoms. The summed E-state index contributed by atoms with van der Waals surface area (Å²) in [4.78, 5) is 25.2. The van der Waals surface area contributed by atoms with Crippen LogP contribution in [0, 0.1) is 11.6 Å². The molecule has 0 unspecified atom stereocenters. The Hall–Kier alpha value is -3.74. The highest BCUT2D eigenvalue weighted by atomic mass is 19.1. The van der Waals surface area contributed by atoms with Crippen molar-refractivity contribution in [3.63, 3.8) is 0 Å². The molecule has 31 heavy (non-hydrogen) atoms. The van der Waals surface area contributed by atoms with Crippen LogP contribution in [0.25, 0.3) is 0 Å². The molecule has 160 valence electrons. The van der Waals surface area contributed by atoms with Crippen molar-refractivity contribution in [2.45, 2.75) is 13.0 Å². The molecule has 0 heterocycles. The molecular formula is C24H21F2NO4. The molecule has 3 rings (SSSR count). The Bertz CT molecular complexity index is 1040. The van der Waals surface area contributed by atoms with Crippen LogP contribution >= 0.6 is 0 Å². The maximum absolute atomic E-state index is 13.7. The van der Waals surface area contributed by atoms with Crippen molar-refractivity contribution in [3.8, 4) is 5.75 Å². The van der Waals surface area contributed by atoms with Crippen LogP contribution in [-0.4, -0.2) is 35.0 Å². The van der Waals surface area contributed by atoms with Crippen LogP contribution in [-0.2, 0) is 17.8 Å². The van der Waals surface area contributed by atoms with Gasteiger partial charge in [-0.2, -0.15) is 0 Å². The molecule has 7 heteroatoms. The van der Waals surface area contributed by atoms with Crippen molar-refractivity contribution in [1.29, 1.82) is 0 Å². The van der Waals surface area contributed by atoms with Gasteiger partial charge in [0.1, 0.15) is 30.5 Å². The number of aliphatic carboxylic acids is 1. The van der Waals surface area contributed by atoms with E-state index in [1.165, 1.54) is 35.2 Å². The number of carbonyl (C=O) groups excluding carboxylic acids is 1. The van der Waals surface area contributed by atoms with Crippen LogP contribution in [0.4, 0.5) is 8.78 Å². The maximum atomic E-state index is 13.7. The number of rotatable bonds is 9. The predicted octanol–water partition coefficient (Wildman–Crippen LogP) is 4.31. The zero-order valence-corrected chi connectivity index (χ0v) is 16.6. The third kappa shape index (κ3) is 6.37. The van der Waals surface area contributed by atoms with E-state index in [9.17, 15) is 18.4 Å². The fourth-order valence-electron chi connectivity index (χ4n) is 2.98. The Balaban J connectivity index is 1.63. The van der Waals surface area contributed by atoms with E-state index in [2.05, 4.69) is 0 Å². The number of carbonyl (C=O) groups is 2. The monoisotopic (exact) mass is 425 g/mol. The van der Waals surface area contributed by atoms with Crippen LogP contribution in [0.5, 0.6) is 5.75 Å². The Morgan fingerprint density at radius 1 is 0.903 bits per heavy atom. The van der Waals surface area contributed by atoms with Gasteiger partial charge in [0, 0.05) is 17.7 Å².